The number of rotatable bonds is 5. The Morgan fingerprint density at radius 1 is 1.07 bits per heavy atom. The molecule has 0 fully saturated rings. The van der Waals surface area contributed by atoms with Crippen molar-refractivity contribution in [3.8, 4) is 22.7 Å². The van der Waals surface area contributed by atoms with Crippen LogP contribution in [0.1, 0.15) is 23.4 Å². The van der Waals surface area contributed by atoms with Gasteiger partial charge in [0.25, 0.3) is 5.56 Å². The van der Waals surface area contributed by atoms with Crippen LogP contribution in [0.5, 0.6) is 0 Å². The van der Waals surface area contributed by atoms with Crippen LogP contribution in [0.15, 0.2) is 63.1 Å². The number of aromatic nitrogens is 5. The van der Waals surface area contributed by atoms with Crippen LogP contribution in [0.4, 0.5) is 0 Å². The summed E-state index contributed by atoms with van der Waals surface area (Å²) in [6.07, 6.45) is 1.73. The van der Waals surface area contributed by atoms with E-state index in [0.717, 1.165) is 27.7 Å². The average molecular weight is 407 g/mol. The summed E-state index contributed by atoms with van der Waals surface area (Å²) in [5.74, 6) is 1.40. The Morgan fingerprint density at radius 3 is 2.66 bits per heavy atom. The van der Waals surface area contributed by atoms with Crippen LogP contribution in [0.25, 0.3) is 22.7 Å². The third-order valence-electron chi connectivity index (χ3n) is 4.73. The highest BCUT2D eigenvalue weighted by Gasteiger charge is 2.19. The van der Waals surface area contributed by atoms with Gasteiger partial charge in [0.2, 0.25) is 0 Å². The SMILES string of the molecule is Cc1cccc(-c2cc([C@@H](C)Sc3nnc(-c4ccn(C)c(=O)c4)n3C)no2)c1. The van der Waals surface area contributed by atoms with Gasteiger partial charge in [0.05, 0.1) is 10.9 Å². The number of hydrogen-bond acceptors (Lipinski definition) is 6. The second kappa shape index (κ2) is 7.71. The second-order valence-corrected chi connectivity index (χ2v) is 8.28. The van der Waals surface area contributed by atoms with Gasteiger partial charge < -0.3 is 13.7 Å². The molecule has 0 amide bonds. The molecule has 4 rings (SSSR count). The van der Waals surface area contributed by atoms with Gasteiger partial charge in [-0.2, -0.15) is 0 Å². The van der Waals surface area contributed by atoms with Crippen LogP contribution in [0.2, 0.25) is 0 Å². The van der Waals surface area contributed by atoms with Crippen molar-refractivity contribution in [2.75, 3.05) is 0 Å². The molecule has 0 aliphatic rings. The first-order valence-electron chi connectivity index (χ1n) is 9.19. The Balaban J connectivity index is 1.55. The molecule has 3 aromatic heterocycles. The van der Waals surface area contributed by atoms with Gasteiger partial charge in [0.15, 0.2) is 16.7 Å². The van der Waals surface area contributed by atoms with E-state index in [1.807, 2.05) is 48.9 Å². The molecule has 0 N–H and O–H groups in total. The second-order valence-electron chi connectivity index (χ2n) is 6.98. The van der Waals surface area contributed by atoms with Gasteiger partial charge in [-0.25, -0.2) is 0 Å². The average Bonchev–Trinajstić information content (AvgIpc) is 3.32. The molecule has 1 atom stereocenters. The highest BCUT2D eigenvalue weighted by atomic mass is 32.2. The number of benzene rings is 1. The monoisotopic (exact) mass is 407 g/mol. The fourth-order valence-electron chi connectivity index (χ4n) is 2.99. The number of thioether (sulfide) groups is 1. The Kier molecular flexibility index (Phi) is 5.10. The lowest BCUT2D eigenvalue weighted by molar-refractivity contribution is 0.424. The Bertz CT molecular complexity index is 1220. The molecule has 148 valence electrons. The Labute approximate surface area is 172 Å². The zero-order valence-electron chi connectivity index (χ0n) is 16.7. The summed E-state index contributed by atoms with van der Waals surface area (Å²) in [7, 11) is 3.61. The fraction of sp³-hybridized carbons (Fsp3) is 0.238. The predicted molar refractivity (Wildman–Crippen MR) is 113 cm³/mol. The van der Waals surface area contributed by atoms with E-state index in [1.54, 1.807) is 31.1 Å². The zero-order chi connectivity index (χ0) is 20.5. The van der Waals surface area contributed by atoms with Crippen molar-refractivity contribution < 1.29 is 4.52 Å². The summed E-state index contributed by atoms with van der Waals surface area (Å²) < 4.78 is 8.96. The van der Waals surface area contributed by atoms with Gasteiger partial charge >= 0.3 is 0 Å². The summed E-state index contributed by atoms with van der Waals surface area (Å²) in [6, 6.07) is 13.5. The van der Waals surface area contributed by atoms with Gasteiger partial charge in [-0.05, 0) is 26.0 Å². The minimum atomic E-state index is -0.0839. The zero-order valence-corrected chi connectivity index (χ0v) is 17.5. The first-order chi connectivity index (χ1) is 13.9. The maximum atomic E-state index is 11.9. The molecule has 0 saturated carbocycles. The van der Waals surface area contributed by atoms with E-state index in [0.29, 0.717) is 5.82 Å². The van der Waals surface area contributed by atoms with Crippen molar-refractivity contribution >= 4 is 11.8 Å². The Hall–Kier alpha value is -3.13. The van der Waals surface area contributed by atoms with Gasteiger partial charge in [0, 0.05) is 43.6 Å². The highest BCUT2D eigenvalue weighted by Crippen LogP contribution is 2.35. The summed E-state index contributed by atoms with van der Waals surface area (Å²) in [5.41, 5.74) is 3.67. The molecule has 0 aliphatic heterocycles. The van der Waals surface area contributed by atoms with Crippen LogP contribution in [0, 0.1) is 6.92 Å². The van der Waals surface area contributed by atoms with Crippen molar-refractivity contribution in [1.82, 2.24) is 24.5 Å². The van der Waals surface area contributed by atoms with Gasteiger partial charge in [-0.15, -0.1) is 10.2 Å². The van der Waals surface area contributed by atoms with Crippen molar-refractivity contribution in [2.24, 2.45) is 14.1 Å². The molecule has 29 heavy (non-hydrogen) atoms. The molecule has 0 unspecified atom stereocenters. The minimum absolute atomic E-state index is 0.0247. The maximum absolute atomic E-state index is 11.9. The molecule has 0 bridgehead atoms. The summed E-state index contributed by atoms with van der Waals surface area (Å²) in [5, 5.41) is 13.6. The van der Waals surface area contributed by atoms with Crippen molar-refractivity contribution in [3.05, 3.63) is 70.3 Å². The van der Waals surface area contributed by atoms with Gasteiger partial charge in [-0.3, -0.25) is 4.79 Å². The number of pyridine rings is 1. The van der Waals surface area contributed by atoms with E-state index in [9.17, 15) is 4.79 Å². The van der Waals surface area contributed by atoms with Gasteiger partial charge in [0.1, 0.15) is 0 Å². The number of hydrogen-bond donors (Lipinski definition) is 0. The van der Waals surface area contributed by atoms with E-state index in [-0.39, 0.29) is 10.8 Å². The third-order valence-corrected chi connectivity index (χ3v) is 5.89. The third kappa shape index (κ3) is 3.88. The summed E-state index contributed by atoms with van der Waals surface area (Å²) >= 11 is 1.54. The molecule has 1 aromatic carbocycles. The quantitative estimate of drug-likeness (QED) is 0.465. The predicted octanol–water partition coefficient (Wildman–Crippen LogP) is 4.00. The first kappa shape index (κ1) is 19.2. The molecule has 4 aromatic rings. The number of nitrogens with zero attached hydrogens (tertiary/aromatic N) is 5. The molecule has 7 nitrogen and oxygen atoms in total. The molecule has 0 aliphatic carbocycles. The largest absolute Gasteiger partial charge is 0.356 e. The fourth-order valence-corrected chi connectivity index (χ4v) is 3.87. The number of aryl methyl sites for hydroxylation is 2. The standard InChI is InChI=1S/C21H21N5O2S/c1-13-6-5-7-15(10-13)18-12-17(24-28-18)14(2)29-21-23-22-20(26(21)4)16-8-9-25(3)19(27)11-16/h5-12,14H,1-4H3/t14-/m1/s1. The summed E-state index contributed by atoms with van der Waals surface area (Å²) in [6.45, 7) is 4.10. The summed E-state index contributed by atoms with van der Waals surface area (Å²) in [4.78, 5) is 11.9. The molecule has 0 radical (unpaired) electrons. The van der Waals surface area contributed by atoms with Crippen LogP contribution in [0.3, 0.4) is 0 Å². The Morgan fingerprint density at radius 2 is 1.90 bits per heavy atom. The van der Waals surface area contributed by atoms with Crippen molar-refractivity contribution in [1.29, 1.82) is 0 Å². The van der Waals surface area contributed by atoms with Crippen LogP contribution in [-0.2, 0) is 14.1 Å². The lowest BCUT2D eigenvalue weighted by atomic mass is 10.1. The molecular weight excluding hydrogens is 386 g/mol. The van der Waals surface area contributed by atoms with Crippen molar-refractivity contribution in [2.45, 2.75) is 24.3 Å². The van der Waals surface area contributed by atoms with Crippen LogP contribution in [-0.4, -0.2) is 24.5 Å². The van der Waals surface area contributed by atoms with E-state index in [2.05, 4.69) is 28.3 Å². The van der Waals surface area contributed by atoms with E-state index in [4.69, 9.17) is 4.52 Å². The van der Waals surface area contributed by atoms with E-state index >= 15 is 0 Å². The van der Waals surface area contributed by atoms with Crippen molar-refractivity contribution in [3.63, 3.8) is 0 Å². The maximum Gasteiger partial charge on any atom is 0.250 e. The lowest BCUT2D eigenvalue weighted by Gasteiger charge is -2.08. The normalized spacial score (nSPS) is 12.3. The van der Waals surface area contributed by atoms with Gasteiger partial charge in [-0.1, -0.05) is 40.7 Å². The molecule has 0 saturated heterocycles. The highest BCUT2D eigenvalue weighted by molar-refractivity contribution is 7.99. The molecule has 8 heteroatoms. The van der Waals surface area contributed by atoms with Crippen LogP contribution < -0.4 is 5.56 Å². The lowest BCUT2D eigenvalue weighted by Crippen LogP contribution is -2.14. The van der Waals surface area contributed by atoms with Crippen LogP contribution >= 0.6 is 11.8 Å². The smallest absolute Gasteiger partial charge is 0.250 e. The molecule has 0 spiro atoms. The topological polar surface area (TPSA) is 78.7 Å². The van der Waals surface area contributed by atoms with E-state index in [1.165, 1.54) is 10.1 Å². The molecule has 3 heterocycles. The molecular formula is C21H21N5O2S. The first-order valence-corrected chi connectivity index (χ1v) is 10.1. The minimum Gasteiger partial charge on any atom is -0.356 e. The van der Waals surface area contributed by atoms with E-state index < -0.39 is 0 Å².